The maximum absolute atomic E-state index is 12.4. The zero-order valence-corrected chi connectivity index (χ0v) is 14.1. The van der Waals surface area contributed by atoms with Gasteiger partial charge in [-0.15, -0.1) is 0 Å². The van der Waals surface area contributed by atoms with Crippen molar-refractivity contribution in [3.05, 3.63) is 64.7 Å². The second-order valence-corrected chi connectivity index (χ2v) is 7.29. The first kappa shape index (κ1) is 16.5. The molecule has 7 heteroatoms. The van der Waals surface area contributed by atoms with Crippen molar-refractivity contribution >= 4 is 21.8 Å². The molecule has 0 heterocycles. The van der Waals surface area contributed by atoms with Crippen LogP contribution >= 0.6 is 0 Å². The third kappa shape index (κ3) is 3.74. The van der Waals surface area contributed by atoms with Crippen molar-refractivity contribution in [3.63, 3.8) is 0 Å². The highest BCUT2D eigenvalue weighted by molar-refractivity contribution is 7.90. The maximum Gasteiger partial charge on any atom is 0.296 e. The van der Waals surface area contributed by atoms with Gasteiger partial charge in [0, 0.05) is 11.3 Å². The summed E-state index contributed by atoms with van der Waals surface area (Å²) in [7, 11) is -3.82. The highest BCUT2D eigenvalue weighted by Gasteiger charge is 2.24. The van der Waals surface area contributed by atoms with Gasteiger partial charge in [-0.2, -0.15) is 8.42 Å². The summed E-state index contributed by atoms with van der Waals surface area (Å²) >= 11 is 0. The van der Waals surface area contributed by atoms with Gasteiger partial charge in [-0.25, -0.2) is 5.14 Å². The predicted molar refractivity (Wildman–Crippen MR) is 92.9 cm³/mol. The Bertz CT molecular complexity index is 876. The molecule has 1 aliphatic carbocycles. The number of hydrogen-bond acceptors (Lipinski definition) is 3. The van der Waals surface area contributed by atoms with Gasteiger partial charge in [-0.3, -0.25) is 9.52 Å². The highest BCUT2D eigenvalue weighted by atomic mass is 32.2. The minimum atomic E-state index is -3.82. The molecule has 126 valence electrons. The molecule has 2 aromatic carbocycles. The molecule has 0 fully saturated rings. The van der Waals surface area contributed by atoms with Gasteiger partial charge in [0.25, 0.3) is 16.1 Å². The van der Waals surface area contributed by atoms with E-state index in [0.717, 1.165) is 12.8 Å². The SMILES string of the molecule is Cc1ccc2c(c1)CC[C@H]2NC(=O)c1ccc(NS(N)(=O)=O)cc1. The molecule has 3 rings (SSSR count). The standard InChI is InChI=1S/C17H19N3O3S/c1-11-2-8-15-13(10-11)5-9-16(15)19-17(21)12-3-6-14(7-4-12)20-24(18,22)23/h2-4,6-8,10,16,20H,5,9H2,1H3,(H,19,21)(H2,18,22,23)/t16-/m1/s1. The molecule has 0 spiro atoms. The van der Waals surface area contributed by atoms with Crippen molar-refractivity contribution in [1.29, 1.82) is 0 Å². The largest absolute Gasteiger partial charge is 0.345 e. The Morgan fingerprint density at radius 3 is 2.54 bits per heavy atom. The van der Waals surface area contributed by atoms with Crippen LogP contribution in [-0.2, 0) is 16.6 Å². The Labute approximate surface area is 141 Å². The van der Waals surface area contributed by atoms with Crippen LogP contribution in [0.4, 0.5) is 5.69 Å². The molecule has 0 unspecified atom stereocenters. The summed E-state index contributed by atoms with van der Waals surface area (Å²) < 4.78 is 24.1. The molecule has 4 N–H and O–H groups in total. The van der Waals surface area contributed by atoms with Crippen LogP contribution in [0.25, 0.3) is 0 Å². The van der Waals surface area contributed by atoms with Gasteiger partial charge in [-0.05, 0) is 55.2 Å². The molecule has 0 radical (unpaired) electrons. The zero-order valence-electron chi connectivity index (χ0n) is 13.2. The summed E-state index contributed by atoms with van der Waals surface area (Å²) in [5.41, 5.74) is 4.46. The van der Waals surface area contributed by atoms with E-state index in [1.54, 1.807) is 12.1 Å². The summed E-state index contributed by atoms with van der Waals surface area (Å²) in [4.78, 5) is 12.4. The van der Waals surface area contributed by atoms with Gasteiger partial charge in [0.05, 0.1) is 6.04 Å². The summed E-state index contributed by atoms with van der Waals surface area (Å²) in [6.45, 7) is 2.06. The Morgan fingerprint density at radius 1 is 1.17 bits per heavy atom. The van der Waals surface area contributed by atoms with Gasteiger partial charge in [0.2, 0.25) is 0 Å². The molecule has 1 amide bonds. The predicted octanol–water partition coefficient (Wildman–Crippen LogP) is 2.03. The molecule has 0 aliphatic heterocycles. The average molecular weight is 345 g/mol. The van der Waals surface area contributed by atoms with E-state index < -0.39 is 10.2 Å². The third-order valence-corrected chi connectivity index (χ3v) is 4.61. The number of carbonyl (C=O) groups is 1. The third-order valence-electron chi connectivity index (χ3n) is 4.09. The Hall–Kier alpha value is -2.38. The lowest BCUT2D eigenvalue weighted by Crippen LogP contribution is -2.27. The van der Waals surface area contributed by atoms with Crippen LogP contribution in [0.2, 0.25) is 0 Å². The van der Waals surface area contributed by atoms with Crippen molar-refractivity contribution in [3.8, 4) is 0 Å². The normalized spacial score (nSPS) is 16.5. The van der Waals surface area contributed by atoms with Crippen molar-refractivity contribution in [2.45, 2.75) is 25.8 Å². The molecular weight excluding hydrogens is 326 g/mol. The van der Waals surface area contributed by atoms with Crippen LogP contribution in [0.3, 0.4) is 0 Å². The van der Waals surface area contributed by atoms with Crippen molar-refractivity contribution in [2.75, 3.05) is 4.72 Å². The fourth-order valence-corrected chi connectivity index (χ4v) is 3.46. The van der Waals surface area contributed by atoms with E-state index in [1.807, 2.05) is 0 Å². The van der Waals surface area contributed by atoms with Crippen LogP contribution in [-0.4, -0.2) is 14.3 Å². The molecular formula is C17H19N3O3S. The lowest BCUT2D eigenvalue weighted by Gasteiger charge is -2.14. The monoisotopic (exact) mass is 345 g/mol. The van der Waals surface area contributed by atoms with E-state index in [4.69, 9.17) is 5.14 Å². The zero-order chi connectivity index (χ0) is 17.3. The first-order valence-corrected chi connectivity index (χ1v) is 9.17. The van der Waals surface area contributed by atoms with E-state index >= 15 is 0 Å². The molecule has 1 atom stereocenters. The minimum Gasteiger partial charge on any atom is -0.345 e. The minimum absolute atomic E-state index is 0.00956. The lowest BCUT2D eigenvalue weighted by atomic mass is 10.1. The van der Waals surface area contributed by atoms with Crippen molar-refractivity contribution < 1.29 is 13.2 Å². The number of anilines is 1. The second-order valence-electron chi connectivity index (χ2n) is 5.99. The van der Waals surface area contributed by atoms with Crippen LogP contribution in [0, 0.1) is 6.92 Å². The number of aryl methyl sites for hydroxylation is 2. The first-order valence-electron chi connectivity index (χ1n) is 7.63. The van der Waals surface area contributed by atoms with Crippen LogP contribution in [0.1, 0.15) is 39.5 Å². The van der Waals surface area contributed by atoms with Gasteiger partial charge in [0.1, 0.15) is 0 Å². The molecule has 0 saturated heterocycles. The van der Waals surface area contributed by atoms with Crippen LogP contribution < -0.4 is 15.2 Å². The smallest absolute Gasteiger partial charge is 0.296 e. The quantitative estimate of drug-likeness (QED) is 0.790. The molecule has 1 aliphatic rings. The summed E-state index contributed by atoms with van der Waals surface area (Å²) in [5, 5.41) is 7.95. The van der Waals surface area contributed by atoms with Gasteiger partial charge in [0.15, 0.2) is 0 Å². The fourth-order valence-electron chi connectivity index (χ4n) is 2.99. The number of amides is 1. The topological polar surface area (TPSA) is 101 Å². The highest BCUT2D eigenvalue weighted by Crippen LogP contribution is 2.31. The number of nitrogens with one attached hydrogen (secondary N) is 2. The van der Waals surface area contributed by atoms with Gasteiger partial charge < -0.3 is 5.32 Å². The number of rotatable bonds is 4. The first-order chi connectivity index (χ1) is 11.3. The van der Waals surface area contributed by atoms with E-state index in [9.17, 15) is 13.2 Å². The summed E-state index contributed by atoms with van der Waals surface area (Å²) in [6.07, 6.45) is 1.84. The van der Waals surface area contributed by atoms with E-state index in [-0.39, 0.29) is 11.9 Å². The number of fused-ring (bicyclic) bond motifs is 1. The summed E-state index contributed by atoms with van der Waals surface area (Å²) in [5.74, 6) is -0.185. The number of carbonyl (C=O) groups excluding carboxylic acids is 1. The van der Waals surface area contributed by atoms with Crippen LogP contribution in [0.15, 0.2) is 42.5 Å². The lowest BCUT2D eigenvalue weighted by molar-refractivity contribution is 0.0936. The number of benzene rings is 2. The van der Waals surface area contributed by atoms with Gasteiger partial charge in [-0.1, -0.05) is 23.8 Å². The molecule has 2 aromatic rings. The maximum atomic E-state index is 12.4. The van der Waals surface area contributed by atoms with Gasteiger partial charge >= 0.3 is 0 Å². The summed E-state index contributed by atoms with van der Waals surface area (Å²) in [6, 6.07) is 12.4. The van der Waals surface area contributed by atoms with E-state index in [1.165, 1.54) is 28.8 Å². The fraction of sp³-hybridized carbons (Fsp3) is 0.235. The van der Waals surface area contributed by atoms with E-state index in [0.29, 0.717) is 11.3 Å². The van der Waals surface area contributed by atoms with Crippen molar-refractivity contribution in [2.24, 2.45) is 5.14 Å². The molecule has 24 heavy (non-hydrogen) atoms. The second kappa shape index (κ2) is 6.26. The Morgan fingerprint density at radius 2 is 1.88 bits per heavy atom. The average Bonchev–Trinajstić information content (AvgIpc) is 2.88. The molecule has 0 saturated carbocycles. The molecule has 0 bridgehead atoms. The van der Waals surface area contributed by atoms with E-state index in [2.05, 4.69) is 35.2 Å². The molecule has 6 nitrogen and oxygen atoms in total. The Balaban J connectivity index is 1.70. The van der Waals surface area contributed by atoms with Crippen molar-refractivity contribution in [1.82, 2.24) is 5.32 Å². The number of hydrogen-bond donors (Lipinski definition) is 3. The van der Waals surface area contributed by atoms with Crippen LogP contribution in [0.5, 0.6) is 0 Å². The number of nitrogens with two attached hydrogens (primary N) is 1. The Kier molecular flexibility index (Phi) is 4.29. The molecule has 0 aromatic heterocycles.